The van der Waals surface area contributed by atoms with Crippen LogP contribution in [0, 0.1) is 12.8 Å². The molecular formula is C16H18N4. The average molecular weight is 266 g/mol. The highest BCUT2D eigenvalue weighted by atomic mass is 15.4. The maximum atomic E-state index is 4.37. The van der Waals surface area contributed by atoms with Crippen LogP contribution in [0.25, 0.3) is 5.70 Å². The molecule has 0 radical (unpaired) electrons. The van der Waals surface area contributed by atoms with Crippen LogP contribution in [-0.2, 0) is 0 Å². The summed E-state index contributed by atoms with van der Waals surface area (Å²) in [5, 5.41) is 7.95. The van der Waals surface area contributed by atoms with Crippen molar-refractivity contribution in [3.8, 4) is 0 Å². The van der Waals surface area contributed by atoms with Gasteiger partial charge in [-0.15, -0.1) is 0 Å². The quantitative estimate of drug-likeness (QED) is 0.860. The van der Waals surface area contributed by atoms with E-state index in [2.05, 4.69) is 52.7 Å². The topological polar surface area (TPSA) is 42.7 Å². The molecular weight excluding hydrogens is 248 g/mol. The first-order chi connectivity index (χ1) is 9.84. The zero-order chi connectivity index (χ0) is 13.5. The van der Waals surface area contributed by atoms with E-state index in [0.717, 1.165) is 12.4 Å². The lowest BCUT2D eigenvalue weighted by Crippen LogP contribution is -2.32. The highest BCUT2D eigenvalue weighted by Gasteiger charge is 2.35. The molecule has 2 heterocycles. The summed E-state index contributed by atoms with van der Waals surface area (Å²) in [5.41, 5.74) is 4.03. The molecule has 1 aromatic carbocycles. The van der Waals surface area contributed by atoms with E-state index in [4.69, 9.17) is 0 Å². The number of rotatable bonds is 1. The van der Waals surface area contributed by atoms with Crippen LogP contribution in [0.2, 0.25) is 0 Å². The number of nitrogens with one attached hydrogen (secondary N) is 1. The van der Waals surface area contributed by atoms with Crippen molar-refractivity contribution >= 4 is 11.6 Å². The van der Waals surface area contributed by atoms with Crippen molar-refractivity contribution in [3.05, 3.63) is 47.8 Å². The van der Waals surface area contributed by atoms with Crippen LogP contribution in [0.15, 0.2) is 36.7 Å². The van der Waals surface area contributed by atoms with Gasteiger partial charge in [-0.3, -0.25) is 0 Å². The SMILES string of the molecule is Cc1ccccc1C1Nc2ncnn2C2=CCCCC21. The predicted molar refractivity (Wildman–Crippen MR) is 79.2 cm³/mol. The minimum Gasteiger partial charge on any atom is -0.347 e. The Hall–Kier alpha value is -2.10. The molecule has 4 heteroatoms. The van der Waals surface area contributed by atoms with E-state index < -0.39 is 0 Å². The molecule has 20 heavy (non-hydrogen) atoms. The van der Waals surface area contributed by atoms with Crippen LogP contribution in [0.3, 0.4) is 0 Å². The van der Waals surface area contributed by atoms with Gasteiger partial charge in [0, 0.05) is 11.6 Å². The molecule has 4 rings (SSSR count). The Morgan fingerprint density at radius 3 is 3.10 bits per heavy atom. The number of benzene rings is 1. The number of aromatic nitrogens is 3. The molecule has 0 saturated carbocycles. The Bertz CT molecular complexity index is 671. The standard InChI is InChI=1S/C16H18N4/c1-11-6-2-3-7-12(11)15-13-8-4-5-9-14(13)20-16(19-15)17-10-18-20/h2-3,6-7,9-10,13,15H,4-5,8H2,1H3,(H,17,18,19). The normalized spacial score (nSPS) is 24.4. The van der Waals surface area contributed by atoms with Gasteiger partial charge in [-0.1, -0.05) is 30.3 Å². The molecule has 0 amide bonds. The highest BCUT2D eigenvalue weighted by molar-refractivity contribution is 5.60. The number of allylic oxidation sites excluding steroid dienone is 1. The summed E-state index contributed by atoms with van der Waals surface area (Å²) in [6.07, 6.45) is 7.57. The summed E-state index contributed by atoms with van der Waals surface area (Å²) in [7, 11) is 0. The Balaban J connectivity index is 1.84. The van der Waals surface area contributed by atoms with Gasteiger partial charge in [0.05, 0.1) is 6.04 Å². The van der Waals surface area contributed by atoms with E-state index in [1.807, 2.05) is 4.68 Å². The number of fused-ring (bicyclic) bond motifs is 3. The highest BCUT2D eigenvalue weighted by Crippen LogP contribution is 2.44. The fourth-order valence-corrected chi connectivity index (χ4v) is 3.47. The summed E-state index contributed by atoms with van der Waals surface area (Å²) in [6.45, 7) is 2.18. The maximum absolute atomic E-state index is 4.37. The lowest BCUT2D eigenvalue weighted by atomic mass is 9.81. The van der Waals surface area contributed by atoms with E-state index in [-0.39, 0.29) is 0 Å². The second-order valence-corrected chi connectivity index (χ2v) is 5.64. The van der Waals surface area contributed by atoms with Crippen LogP contribution >= 0.6 is 0 Å². The smallest absolute Gasteiger partial charge is 0.226 e. The second kappa shape index (κ2) is 4.47. The third-order valence-corrected chi connectivity index (χ3v) is 4.46. The minimum atomic E-state index is 0.305. The van der Waals surface area contributed by atoms with Gasteiger partial charge in [-0.05, 0) is 37.3 Å². The molecule has 1 aliphatic carbocycles. The first-order valence-corrected chi connectivity index (χ1v) is 7.27. The maximum Gasteiger partial charge on any atom is 0.226 e. The largest absolute Gasteiger partial charge is 0.347 e. The van der Waals surface area contributed by atoms with E-state index in [9.17, 15) is 0 Å². The lowest BCUT2D eigenvalue weighted by molar-refractivity contribution is 0.450. The molecule has 2 unspecified atom stereocenters. The van der Waals surface area contributed by atoms with E-state index in [1.165, 1.54) is 29.7 Å². The molecule has 0 bridgehead atoms. The van der Waals surface area contributed by atoms with Gasteiger partial charge in [0.2, 0.25) is 5.95 Å². The van der Waals surface area contributed by atoms with E-state index in [0.29, 0.717) is 12.0 Å². The third kappa shape index (κ3) is 1.68. The van der Waals surface area contributed by atoms with Gasteiger partial charge in [0.15, 0.2) is 0 Å². The van der Waals surface area contributed by atoms with Gasteiger partial charge in [-0.2, -0.15) is 10.1 Å². The zero-order valence-corrected chi connectivity index (χ0v) is 11.6. The number of nitrogens with zero attached hydrogens (tertiary/aromatic N) is 3. The molecule has 4 nitrogen and oxygen atoms in total. The molecule has 0 saturated heterocycles. The average Bonchev–Trinajstić information content (AvgIpc) is 2.96. The van der Waals surface area contributed by atoms with E-state index in [1.54, 1.807) is 6.33 Å². The Morgan fingerprint density at radius 2 is 2.20 bits per heavy atom. The van der Waals surface area contributed by atoms with Crippen molar-refractivity contribution in [1.29, 1.82) is 0 Å². The van der Waals surface area contributed by atoms with Gasteiger partial charge < -0.3 is 5.32 Å². The van der Waals surface area contributed by atoms with Gasteiger partial charge in [0.25, 0.3) is 0 Å². The summed E-state index contributed by atoms with van der Waals surface area (Å²) in [4.78, 5) is 4.35. The predicted octanol–water partition coefficient (Wildman–Crippen LogP) is 3.39. The van der Waals surface area contributed by atoms with Crippen molar-refractivity contribution in [2.45, 2.75) is 32.2 Å². The van der Waals surface area contributed by atoms with Gasteiger partial charge in [-0.25, -0.2) is 4.68 Å². The van der Waals surface area contributed by atoms with Crippen LogP contribution in [0.1, 0.15) is 36.4 Å². The fourth-order valence-electron chi connectivity index (χ4n) is 3.47. The molecule has 2 aromatic rings. The van der Waals surface area contributed by atoms with Crippen LogP contribution < -0.4 is 5.32 Å². The van der Waals surface area contributed by atoms with Crippen molar-refractivity contribution in [2.24, 2.45) is 5.92 Å². The van der Waals surface area contributed by atoms with E-state index >= 15 is 0 Å². The van der Waals surface area contributed by atoms with Crippen molar-refractivity contribution in [2.75, 3.05) is 5.32 Å². The van der Waals surface area contributed by atoms with Crippen LogP contribution in [0.4, 0.5) is 5.95 Å². The van der Waals surface area contributed by atoms with Gasteiger partial charge in [0.1, 0.15) is 6.33 Å². The van der Waals surface area contributed by atoms with Crippen LogP contribution in [-0.4, -0.2) is 14.8 Å². The number of hydrogen-bond acceptors (Lipinski definition) is 3. The summed E-state index contributed by atoms with van der Waals surface area (Å²) < 4.78 is 1.97. The number of anilines is 1. The molecule has 2 aliphatic rings. The van der Waals surface area contributed by atoms with Crippen molar-refractivity contribution in [1.82, 2.24) is 14.8 Å². The third-order valence-electron chi connectivity index (χ3n) is 4.46. The molecule has 2 atom stereocenters. The summed E-state index contributed by atoms with van der Waals surface area (Å²) in [6, 6.07) is 8.94. The Morgan fingerprint density at radius 1 is 1.30 bits per heavy atom. The van der Waals surface area contributed by atoms with Crippen molar-refractivity contribution in [3.63, 3.8) is 0 Å². The Kier molecular flexibility index (Phi) is 2.62. The van der Waals surface area contributed by atoms with Crippen molar-refractivity contribution < 1.29 is 0 Å². The first kappa shape index (κ1) is 11.7. The first-order valence-electron chi connectivity index (χ1n) is 7.27. The molecule has 0 spiro atoms. The van der Waals surface area contributed by atoms with Gasteiger partial charge >= 0.3 is 0 Å². The summed E-state index contributed by atoms with van der Waals surface area (Å²) >= 11 is 0. The fraction of sp³-hybridized carbons (Fsp3) is 0.375. The zero-order valence-electron chi connectivity index (χ0n) is 11.6. The minimum absolute atomic E-state index is 0.305. The molecule has 1 N–H and O–H groups in total. The monoisotopic (exact) mass is 266 g/mol. The molecule has 0 fully saturated rings. The number of hydrogen-bond donors (Lipinski definition) is 1. The Labute approximate surface area is 118 Å². The summed E-state index contributed by atoms with van der Waals surface area (Å²) in [5.74, 6) is 1.35. The number of aryl methyl sites for hydroxylation is 1. The lowest BCUT2D eigenvalue weighted by Gasteiger charge is -2.37. The second-order valence-electron chi connectivity index (χ2n) is 5.64. The molecule has 102 valence electrons. The van der Waals surface area contributed by atoms with Crippen LogP contribution in [0.5, 0.6) is 0 Å². The molecule has 1 aliphatic heterocycles. The molecule has 1 aromatic heterocycles.